The number of aryl methyl sites for hydroxylation is 1. The lowest BCUT2D eigenvalue weighted by Gasteiger charge is -2.39. The van der Waals surface area contributed by atoms with Gasteiger partial charge in [0.05, 0.1) is 19.8 Å². The van der Waals surface area contributed by atoms with Crippen LogP contribution in [0, 0.1) is 0 Å². The van der Waals surface area contributed by atoms with E-state index in [-0.39, 0.29) is 11.8 Å². The SMILES string of the molecule is COc1ccc(C2CN(C34OC3CCc3ccccc34)CCO2)cc1. The predicted octanol–water partition coefficient (Wildman–Crippen LogP) is 3.27. The summed E-state index contributed by atoms with van der Waals surface area (Å²) in [6, 6.07) is 17.0. The number of benzene rings is 2. The number of fused-ring (bicyclic) bond motifs is 3. The van der Waals surface area contributed by atoms with Gasteiger partial charge >= 0.3 is 0 Å². The fourth-order valence-corrected chi connectivity index (χ4v) is 4.47. The summed E-state index contributed by atoms with van der Waals surface area (Å²) >= 11 is 0. The second kappa shape index (κ2) is 5.84. The number of ether oxygens (including phenoxy) is 3. The van der Waals surface area contributed by atoms with Gasteiger partial charge in [-0.2, -0.15) is 0 Å². The number of hydrogen-bond acceptors (Lipinski definition) is 4. The van der Waals surface area contributed by atoms with Gasteiger partial charge < -0.3 is 14.2 Å². The lowest BCUT2D eigenvalue weighted by atomic mass is 9.86. The first-order valence-electron chi connectivity index (χ1n) is 9.08. The second-order valence-electron chi connectivity index (χ2n) is 7.08. The zero-order valence-electron chi connectivity index (χ0n) is 14.5. The molecule has 2 heterocycles. The summed E-state index contributed by atoms with van der Waals surface area (Å²) in [7, 11) is 1.69. The van der Waals surface area contributed by atoms with Crippen LogP contribution in [-0.2, 0) is 21.6 Å². The molecule has 0 bridgehead atoms. The molecule has 3 atom stereocenters. The van der Waals surface area contributed by atoms with Crippen LogP contribution in [0.5, 0.6) is 5.75 Å². The summed E-state index contributed by atoms with van der Waals surface area (Å²) in [5.74, 6) is 0.877. The van der Waals surface area contributed by atoms with Crippen LogP contribution in [-0.4, -0.2) is 37.8 Å². The van der Waals surface area contributed by atoms with Gasteiger partial charge in [0.1, 0.15) is 11.9 Å². The Kier molecular flexibility index (Phi) is 3.59. The van der Waals surface area contributed by atoms with Gasteiger partial charge in [0.2, 0.25) is 0 Å². The molecule has 0 spiro atoms. The van der Waals surface area contributed by atoms with Crippen molar-refractivity contribution in [3.63, 3.8) is 0 Å². The smallest absolute Gasteiger partial charge is 0.175 e. The molecular formula is C21H23NO3. The molecule has 2 saturated heterocycles. The maximum Gasteiger partial charge on any atom is 0.175 e. The molecular weight excluding hydrogens is 314 g/mol. The summed E-state index contributed by atoms with van der Waals surface area (Å²) in [5.41, 5.74) is 3.78. The Morgan fingerprint density at radius 1 is 1.12 bits per heavy atom. The summed E-state index contributed by atoms with van der Waals surface area (Å²) in [5, 5.41) is 0. The van der Waals surface area contributed by atoms with E-state index in [4.69, 9.17) is 14.2 Å². The molecule has 0 amide bonds. The van der Waals surface area contributed by atoms with Crippen LogP contribution in [0.4, 0.5) is 0 Å². The van der Waals surface area contributed by atoms with E-state index in [1.54, 1.807) is 7.11 Å². The standard InChI is InChI=1S/C21H23NO3/c1-23-17-9-6-16(7-10-17)19-14-22(12-13-24-19)21-18-5-3-2-4-15(18)8-11-20(21)25-21/h2-7,9-10,19-20H,8,11-14H2,1H3. The Hall–Kier alpha value is -1.88. The van der Waals surface area contributed by atoms with Crippen molar-refractivity contribution in [2.45, 2.75) is 30.8 Å². The van der Waals surface area contributed by atoms with Crippen molar-refractivity contribution in [2.75, 3.05) is 26.8 Å². The molecule has 0 aromatic heterocycles. The fourth-order valence-electron chi connectivity index (χ4n) is 4.47. The Morgan fingerprint density at radius 3 is 2.80 bits per heavy atom. The van der Waals surface area contributed by atoms with Crippen LogP contribution in [0.3, 0.4) is 0 Å². The minimum Gasteiger partial charge on any atom is -0.497 e. The molecule has 0 radical (unpaired) electrons. The van der Waals surface area contributed by atoms with E-state index in [1.165, 1.54) is 16.7 Å². The van der Waals surface area contributed by atoms with Crippen molar-refractivity contribution in [1.29, 1.82) is 0 Å². The molecule has 2 aromatic carbocycles. The van der Waals surface area contributed by atoms with Crippen molar-refractivity contribution in [3.8, 4) is 5.75 Å². The van der Waals surface area contributed by atoms with E-state index in [9.17, 15) is 0 Å². The first kappa shape index (κ1) is 15.4. The number of nitrogens with zero attached hydrogens (tertiary/aromatic N) is 1. The Balaban J connectivity index is 1.42. The molecule has 2 aliphatic heterocycles. The number of rotatable bonds is 3. The summed E-state index contributed by atoms with van der Waals surface area (Å²) in [6.07, 6.45) is 2.64. The molecule has 130 valence electrons. The van der Waals surface area contributed by atoms with Crippen molar-refractivity contribution >= 4 is 0 Å². The highest BCUT2D eigenvalue weighted by Gasteiger charge is 2.64. The summed E-state index contributed by atoms with van der Waals surface area (Å²) in [6.45, 7) is 2.51. The summed E-state index contributed by atoms with van der Waals surface area (Å²) in [4.78, 5) is 2.49. The zero-order valence-corrected chi connectivity index (χ0v) is 14.5. The summed E-state index contributed by atoms with van der Waals surface area (Å²) < 4.78 is 17.6. The van der Waals surface area contributed by atoms with E-state index in [2.05, 4.69) is 41.3 Å². The van der Waals surface area contributed by atoms with Crippen LogP contribution in [0.15, 0.2) is 48.5 Å². The highest BCUT2D eigenvalue weighted by molar-refractivity contribution is 5.40. The van der Waals surface area contributed by atoms with Gasteiger partial charge in [0.25, 0.3) is 0 Å². The van der Waals surface area contributed by atoms with E-state index in [0.29, 0.717) is 6.10 Å². The Morgan fingerprint density at radius 2 is 1.96 bits per heavy atom. The second-order valence-corrected chi connectivity index (χ2v) is 7.08. The topological polar surface area (TPSA) is 34.2 Å². The lowest BCUT2D eigenvalue weighted by Crippen LogP contribution is -2.48. The van der Waals surface area contributed by atoms with E-state index in [0.717, 1.165) is 38.3 Å². The Bertz CT molecular complexity index is 775. The Labute approximate surface area is 148 Å². The molecule has 2 aromatic rings. The van der Waals surface area contributed by atoms with Gasteiger partial charge in [-0.05, 0) is 36.1 Å². The van der Waals surface area contributed by atoms with Crippen LogP contribution in [0.25, 0.3) is 0 Å². The van der Waals surface area contributed by atoms with Crippen molar-refractivity contribution in [2.24, 2.45) is 0 Å². The van der Waals surface area contributed by atoms with Gasteiger partial charge in [-0.25, -0.2) is 0 Å². The monoisotopic (exact) mass is 337 g/mol. The zero-order chi connectivity index (χ0) is 16.9. The van der Waals surface area contributed by atoms with E-state index >= 15 is 0 Å². The lowest BCUT2D eigenvalue weighted by molar-refractivity contribution is -0.0741. The van der Waals surface area contributed by atoms with Crippen molar-refractivity contribution < 1.29 is 14.2 Å². The molecule has 3 aliphatic rings. The van der Waals surface area contributed by atoms with Gasteiger partial charge in [-0.3, -0.25) is 4.90 Å². The van der Waals surface area contributed by atoms with Gasteiger partial charge in [0.15, 0.2) is 5.72 Å². The quantitative estimate of drug-likeness (QED) is 0.805. The van der Waals surface area contributed by atoms with Crippen LogP contribution in [0.1, 0.15) is 29.2 Å². The molecule has 4 nitrogen and oxygen atoms in total. The molecule has 0 saturated carbocycles. The third-order valence-corrected chi connectivity index (χ3v) is 5.80. The maximum absolute atomic E-state index is 6.30. The van der Waals surface area contributed by atoms with Crippen LogP contribution >= 0.6 is 0 Å². The molecule has 1 aliphatic carbocycles. The van der Waals surface area contributed by atoms with Gasteiger partial charge in [0, 0.05) is 18.7 Å². The normalized spacial score (nSPS) is 31.1. The van der Waals surface area contributed by atoms with Gasteiger partial charge in [-0.1, -0.05) is 36.4 Å². The predicted molar refractivity (Wildman–Crippen MR) is 94.6 cm³/mol. The number of methoxy groups -OCH3 is 1. The van der Waals surface area contributed by atoms with Crippen LogP contribution < -0.4 is 4.74 Å². The molecule has 2 fully saturated rings. The number of hydrogen-bond donors (Lipinski definition) is 0. The van der Waals surface area contributed by atoms with E-state index in [1.807, 2.05) is 12.1 Å². The minimum absolute atomic E-state index is 0.0768. The highest BCUT2D eigenvalue weighted by Crippen LogP contribution is 2.55. The molecule has 25 heavy (non-hydrogen) atoms. The number of epoxide rings is 1. The molecule has 4 heteroatoms. The maximum atomic E-state index is 6.30. The average molecular weight is 337 g/mol. The molecule has 0 N–H and O–H groups in total. The van der Waals surface area contributed by atoms with E-state index < -0.39 is 0 Å². The first-order valence-corrected chi connectivity index (χ1v) is 9.08. The first-order chi connectivity index (χ1) is 12.3. The highest BCUT2D eigenvalue weighted by atomic mass is 16.6. The molecule has 3 unspecified atom stereocenters. The minimum atomic E-state index is -0.219. The van der Waals surface area contributed by atoms with Crippen molar-refractivity contribution in [1.82, 2.24) is 4.90 Å². The number of morpholine rings is 1. The van der Waals surface area contributed by atoms with Crippen LogP contribution in [0.2, 0.25) is 0 Å². The third kappa shape index (κ3) is 2.40. The molecule has 5 rings (SSSR count). The van der Waals surface area contributed by atoms with Crippen molar-refractivity contribution in [3.05, 3.63) is 65.2 Å². The average Bonchev–Trinajstić information content (AvgIpc) is 3.45. The fraction of sp³-hybridized carbons (Fsp3) is 0.429. The largest absolute Gasteiger partial charge is 0.497 e. The van der Waals surface area contributed by atoms with Gasteiger partial charge in [-0.15, -0.1) is 0 Å². The third-order valence-electron chi connectivity index (χ3n) is 5.80.